The summed E-state index contributed by atoms with van der Waals surface area (Å²) in [5, 5.41) is 11.0. The summed E-state index contributed by atoms with van der Waals surface area (Å²) in [7, 11) is 0. The summed E-state index contributed by atoms with van der Waals surface area (Å²) in [4.78, 5) is 18.5. The molecule has 1 aromatic heterocycles. The predicted molar refractivity (Wildman–Crippen MR) is 78.7 cm³/mol. The fraction of sp³-hybridized carbons (Fsp3) is 0.231. The zero-order chi connectivity index (χ0) is 15.6. The highest BCUT2D eigenvalue weighted by atomic mass is 35.5. The van der Waals surface area contributed by atoms with Crippen molar-refractivity contribution in [2.45, 2.75) is 19.8 Å². The van der Waals surface area contributed by atoms with Crippen LogP contribution in [0.15, 0.2) is 24.3 Å². The first kappa shape index (κ1) is 15.0. The Morgan fingerprint density at radius 1 is 1.33 bits per heavy atom. The van der Waals surface area contributed by atoms with Crippen LogP contribution in [-0.4, -0.2) is 14.9 Å². The Bertz CT molecular complexity index is 691. The van der Waals surface area contributed by atoms with E-state index in [2.05, 4.69) is 9.97 Å². The van der Waals surface area contributed by atoms with E-state index in [-0.39, 0.29) is 34.1 Å². The van der Waals surface area contributed by atoms with Crippen molar-refractivity contribution in [1.29, 1.82) is 0 Å². The second kappa shape index (κ2) is 5.92. The third-order valence-corrected chi connectivity index (χ3v) is 2.91. The zero-order valence-corrected chi connectivity index (χ0v) is 12.2. The quantitative estimate of drug-likeness (QED) is 0.684. The Balaban J connectivity index is 2.38. The molecule has 2 N–H and O–H groups in total. The number of non-ortho nitro benzene ring substituents is 1. The fourth-order valence-corrected chi connectivity index (χ4v) is 1.72. The van der Waals surface area contributed by atoms with Crippen LogP contribution in [-0.2, 0) is 0 Å². The summed E-state index contributed by atoms with van der Waals surface area (Å²) in [5.41, 5.74) is 5.57. The average Bonchev–Trinajstić information content (AvgIpc) is 2.40. The van der Waals surface area contributed by atoms with Gasteiger partial charge >= 0.3 is 0 Å². The first-order valence-corrected chi connectivity index (χ1v) is 6.51. The standard InChI is InChI=1S/C13H13ClN4O3/c1-7(2)13-16-11(15)6-12(17-13)21-10-5-8(18(19)20)3-4-9(10)14/h3-7H,1-2H3,(H2,15,16,17). The number of nitrogens with zero attached hydrogens (tertiary/aromatic N) is 3. The van der Waals surface area contributed by atoms with E-state index >= 15 is 0 Å². The highest BCUT2D eigenvalue weighted by Crippen LogP contribution is 2.32. The number of nitrogens with two attached hydrogens (primary N) is 1. The molecule has 0 spiro atoms. The van der Waals surface area contributed by atoms with Gasteiger partial charge in [-0.05, 0) is 6.07 Å². The number of hydrogen-bond donors (Lipinski definition) is 1. The second-order valence-corrected chi connectivity index (χ2v) is 5.03. The van der Waals surface area contributed by atoms with E-state index in [0.717, 1.165) is 0 Å². The zero-order valence-electron chi connectivity index (χ0n) is 11.4. The van der Waals surface area contributed by atoms with Gasteiger partial charge in [0, 0.05) is 18.1 Å². The molecule has 0 aliphatic heterocycles. The molecule has 0 bridgehead atoms. The lowest BCUT2D eigenvalue weighted by molar-refractivity contribution is -0.384. The Morgan fingerprint density at radius 3 is 2.67 bits per heavy atom. The minimum absolute atomic E-state index is 0.0661. The minimum atomic E-state index is -0.531. The summed E-state index contributed by atoms with van der Waals surface area (Å²) in [6.07, 6.45) is 0. The van der Waals surface area contributed by atoms with Crippen LogP contribution in [0.5, 0.6) is 11.6 Å². The predicted octanol–water partition coefficient (Wildman–Crippen LogP) is 3.54. The third kappa shape index (κ3) is 3.57. The topological polar surface area (TPSA) is 104 Å². The number of anilines is 1. The summed E-state index contributed by atoms with van der Waals surface area (Å²) >= 11 is 5.97. The van der Waals surface area contributed by atoms with Gasteiger partial charge in [0.25, 0.3) is 5.69 Å². The molecule has 0 unspecified atom stereocenters. The second-order valence-electron chi connectivity index (χ2n) is 4.62. The minimum Gasteiger partial charge on any atom is -0.437 e. The van der Waals surface area contributed by atoms with Crippen LogP contribution in [0.4, 0.5) is 11.5 Å². The molecule has 0 amide bonds. The van der Waals surface area contributed by atoms with Gasteiger partial charge in [0.05, 0.1) is 16.0 Å². The van der Waals surface area contributed by atoms with Crippen molar-refractivity contribution in [3.63, 3.8) is 0 Å². The average molecular weight is 309 g/mol. The summed E-state index contributed by atoms with van der Waals surface area (Å²) in [5.74, 6) is 1.17. The van der Waals surface area contributed by atoms with Crippen molar-refractivity contribution in [2.24, 2.45) is 0 Å². The van der Waals surface area contributed by atoms with Crippen molar-refractivity contribution in [2.75, 3.05) is 5.73 Å². The van der Waals surface area contributed by atoms with Crippen molar-refractivity contribution >= 4 is 23.1 Å². The molecule has 0 radical (unpaired) electrons. The molecule has 21 heavy (non-hydrogen) atoms. The van der Waals surface area contributed by atoms with E-state index in [1.54, 1.807) is 0 Å². The van der Waals surface area contributed by atoms with Crippen molar-refractivity contribution in [3.05, 3.63) is 45.2 Å². The number of ether oxygens (including phenoxy) is 1. The van der Waals surface area contributed by atoms with Crippen LogP contribution >= 0.6 is 11.6 Å². The molecular weight excluding hydrogens is 296 g/mol. The molecule has 0 saturated carbocycles. The summed E-state index contributed by atoms with van der Waals surface area (Å²) < 4.78 is 5.50. The first-order valence-electron chi connectivity index (χ1n) is 6.13. The lowest BCUT2D eigenvalue weighted by Gasteiger charge is -2.10. The molecule has 110 valence electrons. The van der Waals surface area contributed by atoms with Crippen LogP contribution in [0.25, 0.3) is 0 Å². The van der Waals surface area contributed by atoms with Gasteiger partial charge in [-0.1, -0.05) is 25.4 Å². The molecule has 1 heterocycles. The number of nitrogen functional groups attached to an aromatic ring is 1. The fourth-order valence-electron chi connectivity index (χ4n) is 1.57. The maximum absolute atomic E-state index is 10.8. The molecule has 0 atom stereocenters. The van der Waals surface area contributed by atoms with Gasteiger partial charge in [-0.3, -0.25) is 10.1 Å². The van der Waals surface area contributed by atoms with Crippen LogP contribution in [0.3, 0.4) is 0 Å². The highest BCUT2D eigenvalue weighted by Gasteiger charge is 2.14. The van der Waals surface area contributed by atoms with Crippen LogP contribution in [0, 0.1) is 10.1 Å². The molecule has 0 saturated heterocycles. The first-order chi connectivity index (χ1) is 9.86. The van der Waals surface area contributed by atoms with Crippen LogP contribution < -0.4 is 10.5 Å². The van der Waals surface area contributed by atoms with Crippen LogP contribution in [0.2, 0.25) is 5.02 Å². The molecule has 0 aliphatic carbocycles. The van der Waals surface area contributed by atoms with E-state index in [0.29, 0.717) is 5.82 Å². The molecule has 1 aromatic carbocycles. The molecule has 8 heteroatoms. The number of nitro groups is 1. The van der Waals surface area contributed by atoms with Gasteiger partial charge in [-0.25, -0.2) is 4.98 Å². The lowest BCUT2D eigenvalue weighted by Crippen LogP contribution is -2.03. The van der Waals surface area contributed by atoms with Crippen LogP contribution in [0.1, 0.15) is 25.6 Å². The van der Waals surface area contributed by atoms with Gasteiger partial charge in [-0.15, -0.1) is 0 Å². The highest BCUT2D eigenvalue weighted by molar-refractivity contribution is 6.32. The van der Waals surface area contributed by atoms with Gasteiger partial charge in [0.2, 0.25) is 5.88 Å². The molecule has 0 fully saturated rings. The van der Waals surface area contributed by atoms with E-state index in [4.69, 9.17) is 22.1 Å². The number of aromatic nitrogens is 2. The Hall–Kier alpha value is -2.41. The monoisotopic (exact) mass is 308 g/mol. The Kier molecular flexibility index (Phi) is 4.23. The maximum atomic E-state index is 10.8. The lowest BCUT2D eigenvalue weighted by atomic mass is 10.2. The van der Waals surface area contributed by atoms with E-state index in [1.165, 1.54) is 24.3 Å². The van der Waals surface area contributed by atoms with Gasteiger partial charge in [0.15, 0.2) is 5.75 Å². The van der Waals surface area contributed by atoms with Gasteiger partial charge in [0.1, 0.15) is 11.6 Å². The number of halogens is 1. The van der Waals surface area contributed by atoms with Crippen molar-refractivity contribution < 1.29 is 9.66 Å². The van der Waals surface area contributed by atoms with E-state index in [9.17, 15) is 10.1 Å². The smallest absolute Gasteiger partial charge is 0.273 e. The normalized spacial score (nSPS) is 10.7. The number of rotatable bonds is 4. The molecule has 2 aromatic rings. The van der Waals surface area contributed by atoms with Gasteiger partial charge < -0.3 is 10.5 Å². The number of nitro benzene ring substituents is 1. The SMILES string of the molecule is CC(C)c1nc(N)cc(Oc2cc([N+](=O)[O-])ccc2Cl)n1. The van der Waals surface area contributed by atoms with Crippen molar-refractivity contribution in [3.8, 4) is 11.6 Å². The molecular formula is C13H13ClN4O3. The molecule has 7 nitrogen and oxygen atoms in total. The third-order valence-electron chi connectivity index (χ3n) is 2.60. The van der Waals surface area contributed by atoms with Gasteiger partial charge in [-0.2, -0.15) is 4.98 Å². The number of hydrogen-bond acceptors (Lipinski definition) is 6. The largest absolute Gasteiger partial charge is 0.437 e. The Morgan fingerprint density at radius 2 is 2.05 bits per heavy atom. The molecule has 2 rings (SSSR count). The number of benzene rings is 1. The summed E-state index contributed by atoms with van der Waals surface area (Å²) in [6.45, 7) is 3.83. The van der Waals surface area contributed by atoms with E-state index < -0.39 is 4.92 Å². The van der Waals surface area contributed by atoms with Crippen molar-refractivity contribution in [1.82, 2.24) is 9.97 Å². The Labute approximate surface area is 125 Å². The summed E-state index contributed by atoms with van der Waals surface area (Å²) in [6, 6.07) is 5.35. The molecule has 0 aliphatic rings. The van der Waals surface area contributed by atoms with E-state index in [1.807, 2.05) is 13.8 Å². The maximum Gasteiger partial charge on any atom is 0.273 e.